The Morgan fingerprint density at radius 3 is 1.95 bits per heavy atom. The molecule has 0 saturated carbocycles. The number of halogens is 2. The van der Waals surface area contributed by atoms with Crippen LogP contribution in [0.25, 0.3) is 10.8 Å². The predicted octanol–water partition coefficient (Wildman–Crippen LogP) is -0.881. The van der Waals surface area contributed by atoms with E-state index in [1.54, 1.807) is 0 Å². The second-order valence-corrected chi connectivity index (χ2v) is 5.46. The predicted molar refractivity (Wildman–Crippen MR) is 72.5 cm³/mol. The Balaban J connectivity index is 0. The number of hydrogen-bond donors (Lipinski definition) is 0. The summed E-state index contributed by atoms with van der Waals surface area (Å²) in [4.78, 5) is 0. The van der Waals surface area contributed by atoms with Gasteiger partial charge in [-0.1, -0.05) is 51.8 Å². The summed E-state index contributed by atoms with van der Waals surface area (Å²) in [6.07, 6.45) is 0. The smallest absolute Gasteiger partial charge is 1.00 e. The number of aryl methyl sites for hydroxylation is 1. The van der Waals surface area contributed by atoms with Gasteiger partial charge in [0.2, 0.25) is 0 Å². The SMILES string of the molecule is Cc1cc2c(C(C)C)cc(C(C)C)cc2[cH-]1.[Cl-].[Cl-].[Zr+3]. The Morgan fingerprint density at radius 2 is 1.47 bits per heavy atom. The molecule has 0 unspecified atom stereocenters. The fourth-order valence-corrected chi connectivity index (χ4v) is 2.33. The monoisotopic (exact) mass is 373 g/mol. The summed E-state index contributed by atoms with van der Waals surface area (Å²) in [5.74, 6) is 1.21. The molecule has 1 radical (unpaired) electrons. The molecule has 19 heavy (non-hydrogen) atoms. The summed E-state index contributed by atoms with van der Waals surface area (Å²) in [6.45, 7) is 11.3. The number of rotatable bonds is 2. The van der Waals surface area contributed by atoms with Crippen molar-refractivity contribution in [1.82, 2.24) is 0 Å². The van der Waals surface area contributed by atoms with Crippen LogP contribution < -0.4 is 24.8 Å². The van der Waals surface area contributed by atoms with Crippen LogP contribution in [0.4, 0.5) is 0 Å². The van der Waals surface area contributed by atoms with Crippen molar-refractivity contribution in [2.75, 3.05) is 0 Å². The molecule has 103 valence electrons. The third-order valence-electron chi connectivity index (χ3n) is 3.31. The first-order valence-electron chi connectivity index (χ1n) is 6.20. The van der Waals surface area contributed by atoms with Crippen molar-refractivity contribution in [3.63, 3.8) is 0 Å². The average molecular weight is 375 g/mol. The van der Waals surface area contributed by atoms with Gasteiger partial charge in [-0.2, -0.15) is 6.07 Å². The van der Waals surface area contributed by atoms with Gasteiger partial charge in [0, 0.05) is 0 Å². The van der Waals surface area contributed by atoms with Gasteiger partial charge < -0.3 is 24.8 Å². The molecule has 0 amide bonds. The molecule has 0 saturated heterocycles. The normalized spacial score (nSPS) is 10.1. The second-order valence-electron chi connectivity index (χ2n) is 5.46. The molecule has 0 bridgehead atoms. The summed E-state index contributed by atoms with van der Waals surface area (Å²) in [7, 11) is 0. The molecular weight excluding hydrogens is 354 g/mol. The topological polar surface area (TPSA) is 0 Å². The minimum absolute atomic E-state index is 0. The Hall–Kier alpha value is 0.293. The van der Waals surface area contributed by atoms with E-state index < -0.39 is 0 Å². The van der Waals surface area contributed by atoms with Crippen LogP contribution in [0.1, 0.15) is 56.2 Å². The van der Waals surface area contributed by atoms with E-state index in [0.29, 0.717) is 11.8 Å². The van der Waals surface area contributed by atoms with Crippen molar-refractivity contribution in [3.8, 4) is 0 Å². The molecule has 0 N–H and O–H groups in total. The fourth-order valence-electron chi connectivity index (χ4n) is 2.33. The second kappa shape index (κ2) is 8.55. The van der Waals surface area contributed by atoms with Crippen LogP contribution in [0.2, 0.25) is 0 Å². The van der Waals surface area contributed by atoms with Gasteiger partial charge in [-0.25, -0.2) is 0 Å². The van der Waals surface area contributed by atoms with Crippen molar-refractivity contribution < 1.29 is 51.0 Å². The van der Waals surface area contributed by atoms with E-state index in [9.17, 15) is 0 Å². The minimum atomic E-state index is 0. The summed E-state index contributed by atoms with van der Waals surface area (Å²) < 4.78 is 0. The third kappa shape index (κ3) is 4.66. The fraction of sp³-hybridized carbons (Fsp3) is 0.438. The van der Waals surface area contributed by atoms with Crippen molar-refractivity contribution in [2.24, 2.45) is 0 Å². The third-order valence-corrected chi connectivity index (χ3v) is 3.31. The average Bonchev–Trinajstić information content (AvgIpc) is 2.55. The van der Waals surface area contributed by atoms with Crippen molar-refractivity contribution in [1.29, 1.82) is 0 Å². The Morgan fingerprint density at radius 1 is 0.895 bits per heavy atom. The van der Waals surface area contributed by atoms with Gasteiger partial charge in [0.05, 0.1) is 0 Å². The van der Waals surface area contributed by atoms with Gasteiger partial charge >= 0.3 is 26.2 Å². The molecule has 0 aliphatic heterocycles. The molecule has 0 atom stereocenters. The minimum Gasteiger partial charge on any atom is -1.00 e. The molecule has 0 aliphatic rings. The summed E-state index contributed by atoms with van der Waals surface area (Å²) in [5, 5.41) is 2.85. The van der Waals surface area contributed by atoms with E-state index in [1.165, 1.54) is 27.5 Å². The summed E-state index contributed by atoms with van der Waals surface area (Å²) in [6, 6.07) is 9.35. The maximum atomic E-state index is 2.39. The zero-order valence-electron chi connectivity index (χ0n) is 12.2. The van der Waals surface area contributed by atoms with Crippen molar-refractivity contribution in [3.05, 3.63) is 41.0 Å². The van der Waals surface area contributed by atoms with Crippen molar-refractivity contribution in [2.45, 2.75) is 46.5 Å². The van der Waals surface area contributed by atoms with Crippen LogP contribution in [0.5, 0.6) is 0 Å². The molecule has 0 fully saturated rings. The Bertz CT molecular complexity index is 513. The molecule has 2 rings (SSSR count). The first-order valence-corrected chi connectivity index (χ1v) is 6.20. The van der Waals surface area contributed by atoms with E-state index in [2.05, 4.69) is 58.9 Å². The zero-order chi connectivity index (χ0) is 11.9. The molecule has 3 heteroatoms. The summed E-state index contributed by atoms with van der Waals surface area (Å²) in [5.41, 5.74) is 4.33. The standard InChI is InChI=1S/C16H21.2ClH.Zr/c1-10(2)13-8-14-6-12(5)7-16(14)15(9-13)11(3)4;;;/h6-11H,1-5H3;2*1H;/q-1;;;+3/p-2. The molecule has 2 aromatic rings. The Labute approximate surface area is 148 Å². The van der Waals surface area contributed by atoms with E-state index in [-0.39, 0.29) is 51.0 Å². The van der Waals surface area contributed by atoms with E-state index >= 15 is 0 Å². The zero-order valence-corrected chi connectivity index (χ0v) is 16.2. The summed E-state index contributed by atoms with van der Waals surface area (Å²) >= 11 is 0. The van der Waals surface area contributed by atoms with Crippen LogP contribution in [0, 0.1) is 6.92 Å². The number of fused-ring (bicyclic) bond motifs is 1. The maximum Gasteiger partial charge on any atom is 3.00 e. The number of benzene rings is 1. The molecule has 0 nitrogen and oxygen atoms in total. The van der Waals surface area contributed by atoms with E-state index in [0.717, 1.165) is 0 Å². The van der Waals surface area contributed by atoms with Crippen LogP contribution >= 0.6 is 0 Å². The number of hydrogen-bond acceptors (Lipinski definition) is 0. The van der Waals surface area contributed by atoms with Crippen molar-refractivity contribution >= 4 is 10.8 Å². The van der Waals surface area contributed by atoms with Gasteiger partial charge in [-0.15, -0.1) is 28.5 Å². The molecule has 0 spiro atoms. The molecule has 2 aromatic carbocycles. The molecule has 0 aliphatic carbocycles. The quantitative estimate of drug-likeness (QED) is 0.598. The maximum absolute atomic E-state index is 2.39. The van der Waals surface area contributed by atoms with Crippen LogP contribution in [0.3, 0.4) is 0 Å². The molecular formula is C16H21Cl2Zr. The molecule has 0 aromatic heterocycles. The first kappa shape index (κ1) is 21.6. The van der Waals surface area contributed by atoms with Gasteiger partial charge in [-0.05, 0) is 11.8 Å². The first-order chi connectivity index (χ1) is 7.49. The van der Waals surface area contributed by atoms with E-state index in [1.807, 2.05) is 0 Å². The van der Waals surface area contributed by atoms with Crippen LogP contribution in [-0.2, 0) is 26.2 Å². The van der Waals surface area contributed by atoms with Gasteiger partial charge in [-0.3, -0.25) is 0 Å². The van der Waals surface area contributed by atoms with E-state index in [4.69, 9.17) is 0 Å². The molecule has 0 heterocycles. The van der Waals surface area contributed by atoms with Crippen LogP contribution in [0.15, 0.2) is 24.3 Å². The van der Waals surface area contributed by atoms with Gasteiger partial charge in [0.15, 0.2) is 0 Å². The largest absolute Gasteiger partial charge is 3.00 e. The van der Waals surface area contributed by atoms with Gasteiger partial charge in [0.1, 0.15) is 0 Å². The Kier molecular flexibility index (Phi) is 9.72. The van der Waals surface area contributed by atoms with Gasteiger partial charge in [0.25, 0.3) is 0 Å². The van der Waals surface area contributed by atoms with Crippen LogP contribution in [-0.4, -0.2) is 0 Å².